The number of halogens is 1. The highest BCUT2D eigenvalue weighted by molar-refractivity contribution is 7.98. The van der Waals surface area contributed by atoms with Crippen molar-refractivity contribution in [2.75, 3.05) is 0 Å². The van der Waals surface area contributed by atoms with E-state index in [4.69, 9.17) is 0 Å². The third-order valence-electron chi connectivity index (χ3n) is 3.44. The van der Waals surface area contributed by atoms with E-state index in [1.807, 2.05) is 0 Å². The molecule has 0 aliphatic rings. The van der Waals surface area contributed by atoms with Gasteiger partial charge < -0.3 is 4.98 Å². The second kappa shape index (κ2) is 8.30. The van der Waals surface area contributed by atoms with Crippen molar-refractivity contribution in [3.8, 4) is 0 Å². The minimum Gasteiger partial charge on any atom is -0.357 e. The summed E-state index contributed by atoms with van der Waals surface area (Å²) in [7, 11) is 0. The van der Waals surface area contributed by atoms with E-state index >= 15 is 0 Å². The summed E-state index contributed by atoms with van der Waals surface area (Å²) >= 11 is 1.35. The molecule has 2 heterocycles. The Morgan fingerprint density at radius 1 is 1.04 bits per heavy atom. The summed E-state index contributed by atoms with van der Waals surface area (Å²) in [5.41, 5.74) is 6.30. The topological polar surface area (TPSA) is 86.9 Å². The van der Waals surface area contributed by atoms with Crippen LogP contribution in [0.2, 0.25) is 0 Å². The number of H-pyrrole nitrogens is 1. The Labute approximate surface area is 153 Å². The number of hydrogen-bond acceptors (Lipinski definition) is 4. The van der Waals surface area contributed by atoms with Crippen LogP contribution in [-0.4, -0.2) is 21.8 Å². The van der Waals surface area contributed by atoms with Crippen LogP contribution >= 0.6 is 11.8 Å². The normalized spacial score (nSPS) is 10.3. The Kier molecular flexibility index (Phi) is 5.65. The highest BCUT2D eigenvalue weighted by Crippen LogP contribution is 2.24. The van der Waals surface area contributed by atoms with Crippen LogP contribution in [0.15, 0.2) is 66.0 Å². The Bertz CT molecular complexity index is 898. The molecule has 0 aliphatic carbocycles. The molecule has 0 radical (unpaired) electrons. The Morgan fingerprint density at radius 3 is 2.54 bits per heavy atom. The lowest BCUT2D eigenvalue weighted by molar-refractivity contribution is 0.0842. The van der Waals surface area contributed by atoms with Crippen LogP contribution < -0.4 is 10.9 Å². The number of carbonyl (C=O) groups excluding carboxylic acids is 2. The van der Waals surface area contributed by atoms with Gasteiger partial charge in [0, 0.05) is 18.1 Å². The molecule has 3 N–H and O–H groups in total. The van der Waals surface area contributed by atoms with E-state index in [-0.39, 0.29) is 5.82 Å². The lowest BCUT2D eigenvalue weighted by Gasteiger charge is -2.10. The third-order valence-corrected chi connectivity index (χ3v) is 4.51. The minimum atomic E-state index is -0.473. The fraction of sp³-hybridized carbons (Fsp3) is 0.0556. The van der Waals surface area contributed by atoms with Crippen molar-refractivity contribution >= 4 is 23.6 Å². The molecule has 0 unspecified atom stereocenters. The number of pyridine rings is 1. The van der Waals surface area contributed by atoms with Gasteiger partial charge >= 0.3 is 0 Å². The molecule has 0 aliphatic heterocycles. The van der Waals surface area contributed by atoms with Crippen molar-refractivity contribution in [1.82, 2.24) is 20.8 Å². The van der Waals surface area contributed by atoms with Crippen molar-refractivity contribution in [3.05, 3.63) is 83.6 Å². The fourth-order valence-corrected chi connectivity index (χ4v) is 3.08. The molecular weight excluding hydrogens is 355 g/mol. The first-order valence-corrected chi connectivity index (χ1v) is 8.68. The molecule has 0 bridgehead atoms. The molecule has 0 atom stereocenters. The molecule has 2 amide bonds. The highest BCUT2D eigenvalue weighted by Gasteiger charge is 2.14. The zero-order chi connectivity index (χ0) is 18.4. The molecule has 0 saturated carbocycles. The van der Waals surface area contributed by atoms with Gasteiger partial charge in [-0.25, -0.2) is 9.37 Å². The predicted octanol–water partition coefficient (Wildman–Crippen LogP) is 2.92. The van der Waals surface area contributed by atoms with Gasteiger partial charge in [0.05, 0.1) is 5.56 Å². The molecule has 0 saturated heterocycles. The van der Waals surface area contributed by atoms with Crippen LogP contribution in [-0.2, 0) is 5.75 Å². The van der Waals surface area contributed by atoms with Gasteiger partial charge in [-0.15, -0.1) is 11.8 Å². The van der Waals surface area contributed by atoms with E-state index in [1.165, 1.54) is 23.9 Å². The summed E-state index contributed by atoms with van der Waals surface area (Å²) in [6.45, 7) is 0. The highest BCUT2D eigenvalue weighted by atomic mass is 32.2. The maximum atomic E-state index is 13.0. The van der Waals surface area contributed by atoms with Gasteiger partial charge in [-0.1, -0.05) is 12.1 Å². The third kappa shape index (κ3) is 4.48. The number of carbonyl (C=O) groups is 2. The number of amides is 2. The molecule has 6 nitrogen and oxygen atoms in total. The first kappa shape index (κ1) is 17.7. The first-order valence-electron chi connectivity index (χ1n) is 7.70. The quantitative estimate of drug-likeness (QED) is 0.476. The molecule has 3 aromatic rings. The summed E-state index contributed by atoms with van der Waals surface area (Å²) in [5.74, 6) is -0.686. The largest absolute Gasteiger partial charge is 0.357 e. The van der Waals surface area contributed by atoms with Gasteiger partial charge in [0.15, 0.2) is 0 Å². The van der Waals surface area contributed by atoms with Crippen LogP contribution in [0.25, 0.3) is 0 Å². The zero-order valence-electron chi connectivity index (χ0n) is 13.5. The Morgan fingerprint density at radius 2 is 1.81 bits per heavy atom. The average Bonchev–Trinajstić information content (AvgIpc) is 3.20. The van der Waals surface area contributed by atoms with Gasteiger partial charge in [0.25, 0.3) is 11.8 Å². The van der Waals surface area contributed by atoms with Crippen molar-refractivity contribution in [2.45, 2.75) is 10.8 Å². The van der Waals surface area contributed by atoms with Crippen LogP contribution in [0, 0.1) is 5.82 Å². The number of aromatic nitrogens is 2. The Hall–Kier alpha value is -3.13. The molecular formula is C18H15FN4O2S. The SMILES string of the molecule is O=C(NNC(=O)c1cccnc1SCc1ccc(F)cc1)c1ccc[nH]1. The maximum Gasteiger partial charge on any atom is 0.286 e. The van der Waals surface area contributed by atoms with Crippen molar-refractivity contribution < 1.29 is 14.0 Å². The molecule has 3 rings (SSSR count). The number of nitrogens with zero attached hydrogens (tertiary/aromatic N) is 1. The summed E-state index contributed by atoms with van der Waals surface area (Å²) in [4.78, 5) is 31.2. The zero-order valence-corrected chi connectivity index (χ0v) is 14.3. The monoisotopic (exact) mass is 370 g/mol. The predicted molar refractivity (Wildman–Crippen MR) is 95.9 cm³/mol. The molecule has 1 aromatic carbocycles. The summed E-state index contributed by atoms with van der Waals surface area (Å²) in [6, 6.07) is 12.7. The minimum absolute atomic E-state index is 0.297. The van der Waals surface area contributed by atoms with Crippen molar-refractivity contribution in [1.29, 1.82) is 0 Å². The first-order chi connectivity index (χ1) is 12.6. The van der Waals surface area contributed by atoms with Crippen molar-refractivity contribution in [3.63, 3.8) is 0 Å². The number of benzene rings is 1. The molecule has 26 heavy (non-hydrogen) atoms. The number of rotatable bonds is 5. The second-order valence-electron chi connectivity index (χ2n) is 5.26. The van der Waals surface area contributed by atoms with Crippen molar-refractivity contribution in [2.24, 2.45) is 0 Å². The number of hydrogen-bond donors (Lipinski definition) is 3. The molecule has 2 aromatic heterocycles. The van der Waals surface area contributed by atoms with E-state index in [1.54, 1.807) is 48.8 Å². The summed E-state index contributed by atoms with van der Waals surface area (Å²) < 4.78 is 13.0. The molecule has 8 heteroatoms. The van der Waals surface area contributed by atoms with E-state index in [9.17, 15) is 14.0 Å². The second-order valence-corrected chi connectivity index (χ2v) is 6.23. The lowest BCUT2D eigenvalue weighted by Crippen LogP contribution is -2.42. The van der Waals surface area contributed by atoms with E-state index in [0.29, 0.717) is 22.0 Å². The van der Waals surface area contributed by atoms with Crippen LogP contribution in [0.1, 0.15) is 26.4 Å². The maximum absolute atomic E-state index is 13.0. The smallest absolute Gasteiger partial charge is 0.286 e. The van der Waals surface area contributed by atoms with Crippen LogP contribution in [0.4, 0.5) is 4.39 Å². The van der Waals surface area contributed by atoms with Gasteiger partial charge in [-0.2, -0.15) is 0 Å². The summed E-state index contributed by atoms with van der Waals surface area (Å²) in [6.07, 6.45) is 3.20. The summed E-state index contributed by atoms with van der Waals surface area (Å²) in [5, 5.41) is 0.517. The van der Waals surface area contributed by atoms with Gasteiger partial charge in [-0.3, -0.25) is 20.4 Å². The van der Waals surface area contributed by atoms with E-state index in [0.717, 1.165) is 5.56 Å². The van der Waals surface area contributed by atoms with Crippen LogP contribution in [0.3, 0.4) is 0 Å². The number of aromatic amines is 1. The Balaban J connectivity index is 1.63. The van der Waals surface area contributed by atoms with Gasteiger partial charge in [0.1, 0.15) is 16.5 Å². The standard InChI is InChI=1S/C18H15FN4O2S/c19-13-7-5-12(6-8-13)11-26-18-14(3-1-10-21-18)16(24)22-23-17(25)15-4-2-9-20-15/h1-10,20H,11H2,(H,22,24)(H,23,25). The van der Waals surface area contributed by atoms with Gasteiger partial charge in [-0.05, 0) is 42.0 Å². The molecule has 132 valence electrons. The average molecular weight is 370 g/mol. The molecule has 0 spiro atoms. The number of nitrogens with one attached hydrogen (secondary N) is 3. The van der Waals surface area contributed by atoms with E-state index < -0.39 is 11.8 Å². The number of hydrazine groups is 1. The van der Waals surface area contributed by atoms with Gasteiger partial charge in [0.2, 0.25) is 0 Å². The molecule has 0 fully saturated rings. The van der Waals surface area contributed by atoms with E-state index in [2.05, 4.69) is 20.8 Å². The fourth-order valence-electron chi connectivity index (χ4n) is 2.13. The lowest BCUT2D eigenvalue weighted by atomic mass is 10.2. The van der Waals surface area contributed by atoms with Crippen LogP contribution in [0.5, 0.6) is 0 Å². The number of thioether (sulfide) groups is 1.